The predicted octanol–water partition coefficient (Wildman–Crippen LogP) is 6.49. The van der Waals surface area contributed by atoms with Crippen LogP contribution in [0.4, 0.5) is 23.7 Å². The van der Waals surface area contributed by atoms with Gasteiger partial charge in [-0.05, 0) is 36.1 Å². The second kappa shape index (κ2) is 8.89. The Balaban J connectivity index is 1.51. The fraction of sp³-hybridized carbons (Fsp3) is 0.222. The number of carbonyl (C=O) groups is 1. The molecule has 0 fully saturated rings. The molecule has 1 N–H and O–H groups in total. The minimum atomic E-state index is -4.46. The zero-order valence-electron chi connectivity index (χ0n) is 18.5. The van der Waals surface area contributed by atoms with Crippen molar-refractivity contribution >= 4 is 22.6 Å². The molecule has 4 aromatic rings. The number of anilines is 1. The number of amides is 2. The highest BCUT2D eigenvalue weighted by atomic mass is 19.4. The molecule has 1 aliphatic rings. The number of halogens is 3. The van der Waals surface area contributed by atoms with Crippen molar-refractivity contribution in [2.24, 2.45) is 0 Å². The van der Waals surface area contributed by atoms with E-state index in [0.29, 0.717) is 30.7 Å². The predicted molar refractivity (Wildman–Crippen MR) is 127 cm³/mol. The average Bonchev–Trinajstić information content (AvgIpc) is 3.02. The van der Waals surface area contributed by atoms with Crippen molar-refractivity contribution in [3.05, 3.63) is 101 Å². The van der Waals surface area contributed by atoms with Crippen LogP contribution in [0.15, 0.2) is 78.9 Å². The Hall–Kier alpha value is -3.74. The number of aromatic nitrogens is 1. The van der Waals surface area contributed by atoms with Crippen molar-refractivity contribution in [1.82, 2.24) is 9.47 Å². The first-order valence-corrected chi connectivity index (χ1v) is 11.3. The molecule has 3 aromatic carbocycles. The number of aryl methyl sites for hydroxylation is 1. The number of urea groups is 1. The van der Waals surface area contributed by atoms with E-state index < -0.39 is 11.7 Å². The molecule has 0 aliphatic carbocycles. The van der Waals surface area contributed by atoms with Crippen molar-refractivity contribution < 1.29 is 18.0 Å². The molecular weight excluding hydrogens is 439 g/mol. The largest absolute Gasteiger partial charge is 0.418 e. The summed E-state index contributed by atoms with van der Waals surface area (Å²) in [4.78, 5) is 14.6. The fourth-order valence-electron chi connectivity index (χ4n) is 4.80. The van der Waals surface area contributed by atoms with Crippen LogP contribution in [-0.4, -0.2) is 22.0 Å². The third-order valence-electron chi connectivity index (χ3n) is 6.32. The van der Waals surface area contributed by atoms with E-state index in [4.69, 9.17) is 0 Å². The summed E-state index contributed by atoms with van der Waals surface area (Å²) in [6, 6.07) is 23.4. The summed E-state index contributed by atoms with van der Waals surface area (Å²) < 4.78 is 44.6. The van der Waals surface area contributed by atoms with E-state index in [1.807, 2.05) is 54.6 Å². The van der Waals surface area contributed by atoms with Gasteiger partial charge in [0.15, 0.2) is 0 Å². The van der Waals surface area contributed by atoms with Crippen LogP contribution >= 0.6 is 0 Å². The van der Waals surface area contributed by atoms with Crippen LogP contribution in [0.1, 0.15) is 22.4 Å². The summed E-state index contributed by atoms with van der Waals surface area (Å²) >= 11 is 0. The molecule has 0 bridgehead atoms. The van der Waals surface area contributed by atoms with E-state index in [0.717, 1.165) is 11.1 Å². The van der Waals surface area contributed by atoms with Crippen molar-refractivity contribution in [3.63, 3.8) is 0 Å². The lowest BCUT2D eigenvalue weighted by Gasteiger charge is -2.22. The summed E-state index contributed by atoms with van der Waals surface area (Å²) in [6.07, 6.45) is -3.69. The molecule has 0 saturated carbocycles. The maximum Gasteiger partial charge on any atom is 0.418 e. The standard InChI is InChI=1S/C27H24F3N3O/c28-27(29,30)24-22-13-7-10-20-18-32(26(34)31-21-11-5-2-6-12-21)16-17-33(25(20)22)23(24)15-14-19-8-3-1-4-9-19/h1-13H,14-18H2,(H,31,34). The second-order valence-corrected chi connectivity index (χ2v) is 8.49. The van der Waals surface area contributed by atoms with Gasteiger partial charge < -0.3 is 14.8 Å². The van der Waals surface area contributed by atoms with Gasteiger partial charge in [0.25, 0.3) is 0 Å². The lowest BCUT2D eigenvalue weighted by Crippen LogP contribution is -2.35. The molecule has 1 aromatic heterocycles. The van der Waals surface area contributed by atoms with E-state index >= 15 is 0 Å². The number of alkyl halides is 3. The van der Waals surface area contributed by atoms with Gasteiger partial charge in [-0.15, -0.1) is 0 Å². The second-order valence-electron chi connectivity index (χ2n) is 8.49. The van der Waals surface area contributed by atoms with Gasteiger partial charge >= 0.3 is 12.2 Å². The summed E-state index contributed by atoms with van der Waals surface area (Å²) in [5.41, 5.74) is 2.69. The van der Waals surface area contributed by atoms with E-state index in [2.05, 4.69) is 5.32 Å². The maximum atomic E-state index is 14.3. The molecule has 0 atom stereocenters. The van der Waals surface area contributed by atoms with Gasteiger partial charge in [-0.1, -0.05) is 66.7 Å². The minimum absolute atomic E-state index is 0.207. The topological polar surface area (TPSA) is 37.3 Å². The van der Waals surface area contributed by atoms with Crippen molar-refractivity contribution in [3.8, 4) is 0 Å². The van der Waals surface area contributed by atoms with Crippen molar-refractivity contribution in [2.75, 3.05) is 11.9 Å². The average molecular weight is 464 g/mol. The first-order chi connectivity index (χ1) is 16.4. The Morgan fingerprint density at radius 3 is 2.26 bits per heavy atom. The quantitative estimate of drug-likeness (QED) is 0.369. The normalized spacial score (nSPS) is 13.7. The van der Waals surface area contributed by atoms with Crippen LogP contribution in [-0.2, 0) is 32.1 Å². The number of hydrogen-bond donors (Lipinski definition) is 1. The Kier molecular flexibility index (Phi) is 5.77. The molecule has 0 radical (unpaired) electrons. The van der Waals surface area contributed by atoms with Gasteiger partial charge in [-0.2, -0.15) is 13.2 Å². The molecule has 0 unspecified atom stereocenters. The molecule has 0 spiro atoms. The Labute approximate surface area is 195 Å². The van der Waals surface area contributed by atoms with Gasteiger partial charge in [-0.25, -0.2) is 4.79 Å². The lowest BCUT2D eigenvalue weighted by atomic mass is 10.0. The highest BCUT2D eigenvalue weighted by Crippen LogP contribution is 2.42. The summed E-state index contributed by atoms with van der Waals surface area (Å²) in [5.74, 6) is 0. The van der Waals surface area contributed by atoms with Crippen LogP contribution < -0.4 is 5.32 Å². The van der Waals surface area contributed by atoms with Crippen LogP contribution in [0, 0.1) is 0 Å². The van der Waals surface area contributed by atoms with E-state index in [1.165, 1.54) is 0 Å². The fourth-order valence-corrected chi connectivity index (χ4v) is 4.80. The highest BCUT2D eigenvalue weighted by molar-refractivity contribution is 5.92. The Bertz CT molecular complexity index is 1310. The molecule has 4 nitrogen and oxygen atoms in total. The van der Waals surface area contributed by atoms with Crippen molar-refractivity contribution in [2.45, 2.75) is 32.1 Å². The van der Waals surface area contributed by atoms with E-state index in [1.54, 1.807) is 33.7 Å². The van der Waals surface area contributed by atoms with Crippen LogP contribution in [0.25, 0.3) is 10.9 Å². The number of rotatable bonds is 4. The number of carbonyl (C=O) groups excluding carboxylic acids is 1. The summed E-state index contributed by atoms with van der Waals surface area (Å²) in [5, 5.41) is 3.09. The molecule has 34 heavy (non-hydrogen) atoms. The lowest BCUT2D eigenvalue weighted by molar-refractivity contribution is -0.137. The number of nitrogens with one attached hydrogen (secondary N) is 1. The molecule has 1 aliphatic heterocycles. The van der Waals surface area contributed by atoms with Crippen LogP contribution in [0.5, 0.6) is 0 Å². The van der Waals surface area contributed by atoms with Gasteiger partial charge in [-0.3, -0.25) is 0 Å². The first kappa shape index (κ1) is 22.1. The molecule has 174 valence electrons. The zero-order chi connectivity index (χ0) is 23.7. The van der Waals surface area contributed by atoms with E-state index in [-0.39, 0.29) is 30.1 Å². The molecule has 5 rings (SSSR count). The van der Waals surface area contributed by atoms with Crippen LogP contribution in [0.3, 0.4) is 0 Å². The molecular formula is C27H24F3N3O. The summed E-state index contributed by atoms with van der Waals surface area (Å²) in [7, 11) is 0. The van der Waals surface area contributed by atoms with E-state index in [9.17, 15) is 18.0 Å². The Morgan fingerprint density at radius 1 is 0.853 bits per heavy atom. The van der Waals surface area contributed by atoms with Gasteiger partial charge in [0, 0.05) is 36.4 Å². The smallest absolute Gasteiger partial charge is 0.342 e. The molecule has 7 heteroatoms. The number of para-hydroxylation sites is 2. The Morgan fingerprint density at radius 2 is 1.56 bits per heavy atom. The summed E-state index contributed by atoms with van der Waals surface area (Å²) in [6.45, 7) is 0.859. The third kappa shape index (κ3) is 4.25. The molecule has 2 heterocycles. The maximum absolute atomic E-state index is 14.3. The number of benzene rings is 3. The molecule has 2 amide bonds. The molecule has 0 saturated heterocycles. The van der Waals surface area contributed by atoms with Crippen molar-refractivity contribution in [1.29, 1.82) is 0 Å². The SMILES string of the molecule is O=C(Nc1ccccc1)N1CCn2c(CCc3ccccc3)c(C(F)(F)F)c3cccc(c32)C1. The zero-order valence-corrected chi connectivity index (χ0v) is 18.5. The van der Waals surface area contributed by atoms with Gasteiger partial charge in [0.05, 0.1) is 11.1 Å². The van der Waals surface area contributed by atoms with Gasteiger partial charge in [0.2, 0.25) is 0 Å². The minimum Gasteiger partial charge on any atom is -0.342 e. The van der Waals surface area contributed by atoms with Crippen LogP contribution in [0.2, 0.25) is 0 Å². The number of nitrogens with zero attached hydrogens (tertiary/aromatic N) is 2. The van der Waals surface area contributed by atoms with Gasteiger partial charge in [0.1, 0.15) is 0 Å². The number of hydrogen-bond acceptors (Lipinski definition) is 1. The first-order valence-electron chi connectivity index (χ1n) is 11.3. The monoisotopic (exact) mass is 463 g/mol. The third-order valence-corrected chi connectivity index (χ3v) is 6.32. The highest BCUT2D eigenvalue weighted by Gasteiger charge is 2.39.